The molecule has 0 spiro atoms. The highest BCUT2D eigenvalue weighted by molar-refractivity contribution is 6.42. The van der Waals surface area contributed by atoms with E-state index in [2.05, 4.69) is 0 Å². The Bertz CT molecular complexity index is 597. The van der Waals surface area contributed by atoms with Crippen LogP contribution >= 0.6 is 23.2 Å². The Labute approximate surface area is 121 Å². The first-order valence-electron chi connectivity index (χ1n) is 5.57. The Kier molecular flexibility index (Phi) is 4.30. The number of nitrogens with two attached hydrogens (primary N) is 1. The summed E-state index contributed by atoms with van der Waals surface area (Å²) in [5.74, 6) is 0.710. The number of nitrogens with one attached hydrogen (secondary N) is 1. The summed E-state index contributed by atoms with van der Waals surface area (Å²) in [6.07, 6.45) is 0. The van der Waals surface area contributed by atoms with Crippen LogP contribution in [0.15, 0.2) is 42.5 Å². The Balaban J connectivity index is 2.01. The van der Waals surface area contributed by atoms with Gasteiger partial charge >= 0.3 is 0 Å². The molecule has 0 atom stereocenters. The van der Waals surface area contributed by atoms with E-state index in [0.717, 1.165) is 5.56 Å². The minimum absolute atomic E-state index is 0.0527. The molecule has 0 fully saturated rings. The van der Waals surface area contributed by atoms with Gasteiger partial charge in [0.25, 0.3) is 0 Å². The number of hydrogen-bond acceptors (Lipinski definition) is 2. The molecule has 0 heterocycles. The first-order chi connectivity index (χ1) is 9.06. The van der Waals surface area contributed by atoms with Crippen molar-refractivity contribution < 1.29 is 4.74 Å². The normalized spacial score (nSPS) is 10.2. The van der Waals surface area contributed by atoms with Crippen LogP contribution in [-0.2, 0) is 6.61 Å². The Morgan fingerprint density at radius 2 is 1.74 bits per heavy atom. The van der Waals surface area contributed by atoms with Crippen LogP contribution in [0.3, 0.4) is 0 Å². The third-order valence-electron chi connectivity index (χ3n) is 2.56. The third-order valence-corrected chi connectivity index (χ3v) is 3.30. The number of nitrogen functional groups attached to an aromatic ring is 1. The summed E-state index contributed by atoms with van der Waals surface area (Å²) >= 11 is 11.7. The van der Waals surface area contributed by atoms with E-state index in [0.29, 0.717) is 28.0 Å². The highest BCUT2D eigenvalue weighted by atomic mass is 35.5. The second-order valence-electron chi connectivity index (χ2n) is 3.98. The molecule has 0 aliphatic heterocycles. The van der Waals surface area contributed by atoms with Gasteiger partial charge in [0.15, 0.2) is 0 Å². The van der Waals surface area contributed by atoms with Gasteiger partial charge in [-0.1, -0.05) is 47.5 Å². The van der Waals surface area contributed by atoms with E-state index in [-0.39, 0.29) is 5.84 Å². The summed E-state index contributed by atoms with van der Waals surface area (Å²) in [5, 5.41) is 8.27. The second-order valence-corrected chi connectivity index (χ2v) is 4.79. The lowest BCUT2D eigenvalue weighted by atomic mass is 10.1. The zero-order chi connectivity index (χ0) is 13.8. The zero-order valence-electron chi connectivity index (χ0n) is 9.99. The van der Waals surface area contributed by atoms with Gasteiger partial charge in [-0.2, -0.15) is 0 Å². The monoisotopic (exact) mass is 294 g/mol. The first-order valence-corrected chi connectivity index (χ1v) is 6.33. The quantitative estimate of drug-likeness (QED) is 0.664. The molecule has 2 aromatic rings. The van der Waals surface area contributed by atoms with Crippen LogP contribution in [0.2, 0.25) is 10.0 Å². The van der Waals surface area contributed by atoms with E-state index in [9.17, 15) is 0 Å². The van der Waals surface area contributed by atoms with Crippen LogP contribution in [0.4, 0.5) is 0 Å². The van der Waals surface area contributed by atoms with Crippen molar-refractivity contribution >= 4 is 29.0 Å². The maximum Gasteiger partial charge on any atom is 0.122 e. The molecule has 0 radical (unpaired) electrons. The first kappa shape index (κ1) is 13.7. The molecule has 0 unspecified atom stereocenters. The minimum Gasteiger partial charge on any atom is -0.489 e. The van der Waals surface area contributed by atoms with Crippen molar-refractivity contribution in [2.24, 2.45) is 5.73 Å². The fraction of sp³-hybridized carbons (Fsp3) is 0.0714. The largest absolute Gasteiger partial charge is 0.489 e. The smallest absolute Gasteiger partial charge is 0.122 e. The molecule has 3 nitrogen and oxygen atoms in total. The number of ether oxygens (including phenoxy) is 1. The van der Waals surface area contributed by atoms with Crippen LogP contribution < -0.4 is 10.5 Å². The number of rotatable bonds is 4. The van der Waals surface area contributed by atoms with E-state index in [1.807, 2.05) is 12.1 Å². The van der Waals surface area contributed by atoms with Crippen LogP contribution in [0.5, 0.6) is 5.75 Å². The van der Waals surface area contributed by atoms with Crippen molar-refractivity contribution in [2.45, 2.75) is 6.61 Å². The van der Waals surface area contributed by atoms with E-state index in [1.54, 1.807) is 30.3 Å². The van der Waals surface area contributed by atoms with Crippen LogP contribution in [0.1, 0.15) is 11.1 Å². The molecule has 2 rings (SSSR count). The summed E-state index contributed by atoms with van der Waals surface area (Å²) in [6, 6.07) is 12.4. The molecule has 0 saturated carbocycles. The molecule has 0 amide bonds. The average molecular weight is 295 g/mol. The van der Waals surface area contributed by atoms with Gasteiger partial charge in [-0.3, -0.25) is 5.41 Å². The van der Waals surface area contributed by atoms with Crippen LogP contribution in [-0.4, -0.2) is 5.84 Å². The lowest BCUT2D eigenvalue weighted by Gasteiger charge is -2.08. The molecule has 19 heavy (non-hydrogen) atoms. The minimum atomic E-state index is 0.0527. The van der Waals surface area contributed by atoms with Crippen molar-refractivity contribution in [1.29, 1.82) is 5.41 Å². The predicted octanol–water partition coefficient (Wildman–Crippen LogP) is 3.86. The fourth-order valence-electron chi connectivity index (χ4n) is 1.51. The van der Waals surface area contributed by atoms with Gasteiger partial charge in [-0.15, -0.1) is 0 Å². The van der Waals surface area contributed by atoms with E-state index >= 15 is 0 Å². The molecule has 0 saturated heterocycles. The Hall–Kier alpha value is -1.71. The van der Waals surface area contributed by atoms with Crippen molar-refractivity contribution in [3.8, 4) is 5.75 Å². The molecule has 0 aromatic heterocycles. The van der Waals surface area contributed by atoms with Gasteiger partial charge in [-0.05, 0) is 17.7 Å². The van der Waals surface area contributed by atoms with Gasteiger partial charge in [0, 0.05) is 11.6 Å². The van der Waals surface area contributed by atoms with Crippen molar-refractivity contribution in [2.75, 3.05) is 0 Å². The summed E-state index contributed by atoms with van der Waals surface area (Å²) in [5.41, 5.74) is 7.06. The zero-order valence-corrected chi connectivity index (χ0v) is 11.5. The number of hydrogen-bond donors (Lipinski definition) is 2. The van der Waals surface area contributed by atoms with Crippen molar-refractivity contribution in [3.63, 3.8) is 0 Å². The standard InChI is InChI=1S/C14H12Cl2N2O/c15-12-6-5-11(7-13(12)16)19-8-9-1-3-10(4-2-9)14(17)18/h1-7H,8H2,(H3,17,18). The van der Waals surface area contributed by atoms with Crippen molar-refractivity contribution in [3.05, 3.63) is 63.6 Å². The summed E-state index contributed by atoms with van der Waals surface area (Å²) in [7, 11) is 0. The maximum atomic E-state index is 7.31. The third kappa shape index (κ3) is 3.63. The van der Waals surface area contributed by atoms with Gasteiger partial charge < -0.3 is 10.5 Å². The van der Waals surface area contributed by atoms with Gasteiger partial charge in [0.1, 0.15) is 18.2 Å². The highest BCUT2D eigenvalue weighted by Crippen LogP contribution is 2.26. The molecule has 98 valence electrons. The highest BCUT2D eigenvalue weighted by Gasteiger charge is 2.02. The number of benzene rings is 2. The molecule has 0 aliphatic carbocycles. The van der Waals surface area contributed by atoms with E-state index < -0.39 is 0 Å². The predicted molar refractivity (Wildman–Crippen MR) is 78.3 cm³/mol. The van der Waals surface area contributed by atoms with Crippen LogP contribution in [0, 0.1) is 5.41 Å². The fourth-order valence-corrected chi connectivity index (χ4v) is 1.80. The number of amidine groups is 1. The second kappa shape index (κ2) is 5.95. The SMILES string of the molecule is N=C(N)c1ccc(COc2ccc(Cl)c(Cl)c2)cc1. The maximum absolute atomic E-state index is 7.31. The van der Waals surface area contributed by atoms with Gasteiger partial charge in [0.2, 0.25) is 0 Å². The van der Waals surface area contributed by atoms with Crippen LogP contribution in [0.25, 0.3) is 0 Å². The van der Waals surface area contributed by atoms with Crippen molar-refractivity contribution in [1.82, 2.24) is 0 Å². The summed E-state index contributed by atoms with van der Waals surface area (Å²) < 4.78 is 5.60. The van der Waals surface area contributed by atoms with E-state index in [1.165, 1.54) is 0 Å². The molecule has 2 aromatic carbocycles. The lowest BCUT2D eigenvalue weighted by Crippen LogP contribution is -2.10. The Morgan fingerprint density at radius 3 is 2.32 bits per heavy atom. The molecular formula is C14H12Cl2N2O. The topological polar surface area (TPSA) is 59.1 Å². The summed E-state index contributed by atoms with van der Waals surface area (Å²) in [4.78, 5) is 0. The molecule has 5 heteroatoms. The molecule has 3 N–H and O–H groups in total. The average Bonchev–Trinajstić information content (AvgIpc) is 2.40. The molecule has 0 aliphatic rings. The molecule has 0 bridgehead atoms. The lowest BCUT2D eigenvalue weighted by molar-refractivity contribution is 0.306. The number of halogens is 2. The summed E-state index contributed by atoms with van der Waals surface area (Å²) in [6.45, 7) is 0.413. The molecular weight excluding hydrogens is 283 g/mol. The van der Waals surface area contributed by atoms with E-state index in [4.69, 9.17) is 39.1 Å². The van der Waals surface area contributed by atoms with Gasteiger partial charge in [-0.25, -0.2) is 0 Å². The Morgan fingerprint density at radius 1 is 1.05 bits per heavy atom. The van der Waals surface area contributed by atoms with Gasteiger partial charge in [0.05, 0.1) is 10.0 Å².